The summed E-state index contributed by atoms with van der Waals surface area (Å²) in [7, 11) is 0. The summed E-state index contributed by atoms with van der Waals surface area (Å²) < 4.78 is 1.08. The number of aromatic nitrogens is 1. The molecule has 4 heteroatoms. The van der Waals surface area contributed by atoms with Crippen molar-refractivity contribution in [1.29, 1.82) is 0 Å². The Morgan fingerprint density at radius 2 is 2.08 bits per heavy atom. The first kappa shape index (κ1) is 16.4. The van der Waals surface area contributed by atoms with Crippen molar-refractivity contribution < 1.29 is 0 Å². The number of fused-ring (bicyclic) bond motifs is 1. The summed E-state index contributed by atoms with van der Waals surface area (Å²) in [5.74, 6) is 0. The third-order valence-corrected chi connectivity index (χ3v) is 5.34. The van der Waals surface area contributed by atoms with Crippen LogP contribution < -0.4 is 10.2 Å². The lowest BCUT2D eigenvalue weighted by Crippen LogP contribution is -2.42. The summed E-state index contributed by atoms with van der Waals surface area (Å²) >= 11 is 3.57. The van der Waals surface area contributed by atoms with Crippen molar-refractivity contribution in [1.82, 2.24) is 4.98 Å². The van der Waals surface area contributed by atoms with Crippen molar-refractivity contribution in [3.8, 4) is 0 Å². The van der Waals surface area contributed by atoms with Gasteiger partial charge in [0.25, 0.3) is 0 Å². The molecule has 0 spiro atoms. The van der Waals surface area contributed by atoms with Gasteiger partial charge in [0.2, 0.25) is 0 Å². The largest absolute Gasteiger partial charge is 0.380 e. The number of hydrogen-bond donors (Lipinski definition) is 1. The lowest BCUT2D eigenvalue weighted by atomic mass is 10.0. The van der Waals surface area contributed by atoms with Crippen molar-refractivity contribution in [3.05, 3.63) is 64.8 Å². The maximum atomic E-state index is 4.48. The minimum Gasteiger partial charge on any atom is -0.380 e. The van der Waals surface area contributed by atoms with E-state index in [4.69, 9.17) is 0 Å². The number of halogens is 1. The predicted octanol–water partition coefficient (Wildman–Crippen LogP) is 5.39. The molecule has 1 N–H and O–H groups in total. The van der Waals surface area contributed by atoms with Crippen LogP contribution in [0.25, 0.3) is 10.9 Å². The van der Waals surface area contributed by atoms with Crippen LogP contribution >= 0.6 is 15.9 Å². The average Bonchev–Trinajstić information content (AvgIpc) is 2.62. The molecule has 1 unspecified atom stereocenters. The van der Waals surface area contributed by atoms with Crippen LogP contribution in [0.15, 0.2) is 59.2 Å². The SMILES string of the molecule is Cc1cccc(N2CCCC(Nc3ccnc4ccc(Br)cc34)C2)c1. The summed E-state index contributed by atoms with van der Waals surface area (Å²) in [5.41, 5.74) is 4.84. The number of piperidine rings is 1. The molecule has 25 heavy (non-hydrogen) atoms. The first-order valence-electron chi connectivity index (χ1n) is 8.81. The number of pyridine rings is 1. The van der Waals surface area contributed by atoms with Gasteiger partial charge in [-0.05, 0) is 61.7 Å². The zero-order valence-corrected chi connectivity index (χ0v) is 16.0. The van der Waals surface area contributed by atoms with Gasteiger partial charge in [-0.15, -0.1) is 0 Å². The van der Waals surface area contributed by atoms with Gasteiger partial charge < -0.3 is 10.2 Å². The molecule has 1 saturated heterocycles. The van der Waals surface area contributed by atoms with E-state index in [-0.39, 0.29) is 0 Å². The number of aryl methyl sites for hydroxylation is 1. The van der Waals surface area contributed by atoms with Crippen LogP contribution in [-0.4, -0.2) is 24.1 Å². The van der Waals surface area contributed by atoms with Crippen molar-refractivity contribution >= 4 is 38.2 Å². The lowest BCUT2D eigenvalue weighted by Gasteiger charge is -2.35. The Morgan fingerprint density at radius 1 is 1.16 bits per heavy atom. The smallest absolute Gasteiger partial charge is 0.0723 e. The number of anilines is 2. The van der Waals surface area contributed by atoms with Crippen molar-refractivity contribution in [2.24, 2.45) is 0 Å². The molecule has 0 aliphatic carbocycles. The van der Waals surface area contributed by atoms with Crippen molar-refractivity contribution in [3.63, 3.8) is 0 Å². The van der Waals surface area contributed by atoms with E-state index in [9.17, 15) is 0 Å². The molecular formula is C21H22BrN3. The molecular weight excluding hydrogens is 374 g/mol. The van der Waals surface area contributed by atoms with Gasteiger partial charge in [0.05, 0.1) is 5.52 Å². The van der Waals surface area contributed by atoms with E-state index in [2.05, 4.69) is 80.5 Å². The third-order valence-electron chi connectivity index (χ3n) is 4.85. The highest BCUT2D eigenvalue weighted by Crippen LogP contribution is 2.28. The van der Waals surface area contributed by atoms with Gasteiger partial charge >= 0.3 is 0 Å². The van der Waals surface area contributed by atoms with Crippen molar-refractivity contribution in [2.75, 3.05) is 23.3 Å². The monoisotopic (exact) mass is 395 g/mol. The molecule has 0 saturated carbocycles. The summed E-state index contributed by atoms with van der Waals surface area (Å²) in [6.45, 7) is 4.32. The fourth-order valence-corrected chi connectivity index (χ4v) is 3.98. The summed E-state index contributed by atoms with van der Waals surface area (Å²) in [5, 5.41) is 4.93. The highest BCUT2D eigenvalue weighted by atomic mass is 79.9. The van der Waals surface area contributed by atoms with Crippen LogP contribution in [0.1, 0.15) is 18.4 Å². The van der Waals surface area contributed by atoms with Gasteiger partial charge in [-0.3, -0.25) is 4.98 Å². The molecule has 1 fully saturated rings. The molecule has 4 rings (SSSR count). The Balaban J connectivity index is 1.56. The second kappa shape index (κ2) is 7.04. The summed E-state index contributed by atoms with van der Waals surface area (Å²) in [6.07, 6.45) is 4.29. The first-order valence-corrected chi connectivity index (χ1v) is 9.61. The van der Waals surface area contributed by atoms with E-state index in [0.29, 0.717) is 6.04 Å². The fraction of sp³-hybridized carbons (Fsp3) is 0.286. The zero-order chi connectivity index (χ0) is 17.2. The third kappa shape index (κ3) is 3.64. The Morgan fingerprint density at radius 3 is 2.96 bits per heavy atom. The molecule has 0 radical (unpaired) electrons. The van der Waals surface area contributed by atoms with Gasteiger partial charge in [-0.1, -0.05) is 28.1 Å². The van der Waals surface area contributed by atoms with Crippen LogP contribution in [0.5, 0.6) is 0 Å². The maximum Gasteiger partial charge on any atom is 0.0723 e. The van der Waals surface area contributed by atoms with Gasteiger partial charge in [-0.2, -0.15) is 0 Å². The van der Waals surface area contributed by atoms with E-state index in [1.54, 1.807) is 0 Å². The molecule has 2 heterocycles. The standard InChI is InChI=1S/C21H22BrN3/c1-15-4-2-6-18(12-15)25-11-3-5-17(14-25)24-21-9-10-23-20-8-7-16(22)13-19(20)21/h2,4,6-10,12-13,17H,3,5,11,14H2,1H3,(H,23,24). The van der Waals surface area contributed by atoms with Crippen LogP contribution in [0.4, 0.5) is 11.4 Å². The Kier molecular flexibility index (Phi) is 4.62. The molecule has 1 aliphatic rings. The number of nitrogens with one attached hydrogen (secondary N) is 1. The molecule has 1 atom stereocenters. The van der Waals surface area contributed by atoms with E-state index in [1.807, 2.05) is 12.3 Å². The Hall–Kier alpha value is -2.07. The Bertz CT molecular complexity index is 893. The fourth-order valence-electron chi connectivity index (χ4n) is 3.62. The number of rotatable bonds is 3. The van der Waals surface area contributed by atoms with Gasteiger partial charge in [-0.25, -0.2) is 0 Å². The van der Waals surface area contributed by atoms with Crippen molar-refractivity contribution in [2.45, 2.75) is 25.8 Å². The van der Waals surface area contributed by atoms with E-state index in [0.717, 1.165) is 23.1 Å². The van der Waals surface area contributed by atoms with Gasteiger partial charge in [0.15, 0.2) is 0 Å². The summed E-state index contributed by atoms with van der Waals surface area (Å²) in [6, 6.07) is 17.6. The average molecular weight is 396 g/mol. The second-order valence-corrected chi connectivity index (χ2v) is 7.70. The first-order chi connectivity index (χ1) is 12.2. The zero-order valence-electron chi connectivity index (χ0n) is 14.4. The molecule has 0 amide bonds. The van der Waals surface area contributed by atoms with Crippen LogP contribution in [0.3, 0.4) is 0 Å². The van der Waals surface area contributed by atoms with Gasteiger partial charge in [0.1, 0.15) is 0 Å². The number of nitrogens with zero attached hydrogens (tertiary/aromatic N) is 2. The van der Waals surface area contributed by atoms with Crippen LogP contribution in [0.2, 0.25) is 0 Å². The van der Waals surface area contributed by atoms with Crippen LogP contribution in [-0.2, 0) is 0 Å². The maximum absolute atomic E-state index is 4.48. The molecule has 1 aromatic heterocycles. The predicted molar refractivity (Wildman–Crippen MR) is 109 cm³/mol. The van der Waals surface area contributed by atoms with E-state index < -0.39 is 0 Å². The van der Waals surface area contributed by atoms with Gasteiger partial charge in [0, 0.05) is 46.6 Å². The number of hydrogen-bond acceptors (Lipinski definition) is 3. The molecule has 128 valence electrons. The molecule has 0 bridgehead atoms. The van der Waals surface area contributed by atoms with E-state index in [1.165, 1.54) is 35.2 Å². The lowest BCUT2D eigenvalue weighted by molar-refractivity contribution is 0.530. The molecule has 3 nitrogen and oxygen atoms in total. The topological polar surface area (TPSA) is 28.2 Å². The molecule has 1 aliphatic heterocycles. The van der Waals surface area contributed by atoms with Crippen LogP contribution in [0, 0.1) is 6.92 Å². The van der Waals surface area contributed by atoms with E-state index >= 15 is 0 Å². The highest BCUT2D eigenvalue weighted by molar-refractivity contribution is 9.10. The minimum atomic E-state index is 0.443. The number of benzene rings is 2. The minimum absolute atomic E-state index is 0.443. The Labute approximate surface area is 157 Å². The summed E-state index contributed by atoms with van der Waals surface area (Å²) in [4.78, 5) is 6.97. The second-order valence-electron chi connectivity index (χ2n) is 6.79. The molecule has 2 aromatic carbocycles. The molecule has 3 aromatic rings. The highest BCUT2D eigenvalue weighted by Gasteiger charge is 2.20. The quantitative estimate of drug-likeness (QED) is 0.644. The normalized spacial score (nSPS) is 17.7.